The van der Waals surface area contributed by atoms with Gasteiger partial charge in [-0.2, -0.15) is 0 Å². The van der Waals surface area contributed by atoms with Crippen LogP contribution in [0, 0.1) is 0 Å². The van der Waals surface area contributed by atoms with Gasteiger partial charge >= 0.3 is 0 Å². The van der Waals surface area contributed by atoms with Crippen LogP contribution >= 0.6 is 0 Å². The molecule has 8 heteroatoms. The first-order chi connectivity index (χ1) is 11.9. The molecule has 25 heavy (non-hydrogen) atoms. The van der Waals surface area contributed by atoms with Crippen molar-refractivity contribution in [1.82, 2.24) is 9.80 Å². The first-order valence-corrected chi connectivity index (χ1v) is 10.5. The van der Waals surface area contributed by atoms with Gasteiger partial charge in [0.25, 0.3) is 5.91 Å². The second-order valence-electron chi connectivity index (χ2n) is 6.68. The molecule has 1 aromatic rings. The Morgan fingerprint density at radius 1 is 1.28 bits per heavy atom. The van der Waals surface area contributed by atoms with Crippen LogP contribution < -0.4 is 4.72 Å². The van der Waals surface area contributed by atoms with Gasteiger partial charge in [0.05, 0.1) is 12.4 Å². The van der Waals surface area contributed by atoms with E-state index in [1.807, 2.05) is 4.90 Å². The van der Waals surface area contributed by atoms with Gasteiger partial charge in [0.2, 0.25) is 10.0 Å². The molecule has 2 fully saturated rings. The Morgan fingerprint density at radius 2 is 2.04 bits per heavy atom. The van der Waals surface area contributed by atoms with Crippen LogP contribution in [0.4, 0.5) is 5.69 Å². The zero-order valence-electron chi connectivity index (χ0n) is 14.5. The van der Waals surface area contributed by atoms with Gasteiger partial charge in [0.1, 0.15) is 0 Å². The lowest BCUT2D eigenvalue weighted by atomic mass is 10.1. The number of carbonyl (C=O) groups excluding carboxylic acids is 1. The van der Waals surface area contributed by atoms with Gasteiger partial charge in [-0.05, 0) is 31.0 Å². The topological polar surface area (TPSA) is 79.0 Å². The van der Waals surface area contributed by atoms with Crippen molar-refractivity contribution in [3.8, 4) is 0 Å². The molecular formula is C17H25N3O4S. The third kappa shape index (κ3) is 5.17. The molecular weight excluding hydrogens is 342 g/mol. The molecule has 2 aliphatic rings. The molecule has 2 aliphatic heterocycles. The Hall–Kier alpha value is -1.64. The number of ether oxygens (including phenoxy) is 1. The van der Waals surface area contributed by atoms with Crippen LogP contribution in [0.25, 0.3) is 0 Å². The highest BCUT2D eigenvalue weighted by atomic mass is 32.2. The van der Waals surface area contributed by atoms with Crippen LogP contribution in [0.5, 0.6) is 0 Å². The standard InChI is InChI=1S/C17H25N3O4S/c1-25(22,23)18-15-5-2-4-14(12-15)17(21)20-9-7-19(8-10-20)13-16-6-3-11-24-16/h2,4-5,12,16,18H,3,6-11,13H2,1H3. The highest BCUT2D eigenvalue weighted by Gasteiger charge is 2.25. The van der Waals surface area contributed by atoms with Gasteiger partial charge in [-0.25, -0.2) is 8.42 Å². The second-order valence-corrected chi connectivity index (χ2v) is 8.43. The first kappa shape index (κ1) is 18.2. The zero-order chi connectivity index (χ0) is 17.9. The molecule has 1 unspecified atom stereocenters. The van der Waals surface area contributed by atoms with Crippen molar-refractivity contribution in [2.45, 2.75) is 18.9 Å². The van der Waals surface area contributed by atoms with E-state index in [4.69, 9.17) is 4.74 Å². The average molecular weight is 367 g/mol. The van der Waals surface area contributed by atoms with Crippen LogP contribution in [-0.4, -0.2) is 75.8 Å². The summed E-state index contributed by atoms with van der Waals surface area (Å²) < 4.78 is 30.8. The summed E-state index contributed by atoms with van der Waals surface area (Å²) in [5, 5.41) is 0. The number of nitrogens with zero attached hydrogens (tertiary/aromatic N) is 2. The normalized spacial score (nSPS) is 22.1. The van der Waals surface area contributed by atoms with Crippen LogP contribution in [0.1, 0.15) is 23.2 Å². The number of rotatable bonds is 5. The van der Waals surface area contributed by atoms with Crippen LogP contribution in [-0.2, 0) is 14.8 Å². The number of piperazine rings is 1. The van der Waals surface area contributed by atoms with Crippen LogP contribution in [0.2, 0.25) is 0 Å². The number of sulfonamides is 1. The molecule has 1 atom stereocenters. The first-order valence-electron chi connectivity index (χ1n) is 8.62. The monoisotopic (exact) mass is 367 g/mol. The summed E-state index contributed by atoms with van der Waals surface area (Å²) >= 11 is 0. The predicted octanol–water partition coefficient (Wildman–Crippen LogP) is 0.995. The summed E-state index contributed by atoms with van der Waals surface area (Å²) in [6.07, 6.45) is 3.69. The summed E-state index contributed by atoms with van der Waals surface area (Å²) in [5.74, 6) is -0.0612. The highest BCUT2D eigenvalue weighted by molar-refractivity contribution is 7.92. The van der Waals surface area contributed by atoms with E-state index in [1.54, 1.807) is 24.3 Å². The van der Waals surface area contributed by atoms with E-state index in [2.05, 4.69) is 9.62 Å². The van der Waals surface area contributed by atoms with Crippen LogP contribution in [0.3, 0.4) is 0 Å². The fourth-order valence-electron chi connectivity index (χ4n) is 3.32. The Labute approximate surface area is 149 Å². The maximum Gasteiger partial charge on any atom is 0.254 e. The van der Waals surface area contributed by atoms with Gasteiger partial charge < -0.3 is 9.64 Å². The number of benzene rings is 1. The molecule has 2 saturated heterocycles. The Bertz CT molecular complexity index is 708. The van der Waals surface area contributed by atoms with Crippen molar-refractivity contribution >= 4 is 21.6 Å². The zero-order valence-corrected chi connectivity index (χ0v) is 15.3. The lowest BCUT2D eigenvalue weighted by Crippen LogP contribution is -2.50. The Morgan fingerprint density at radius 3 is 2.68 bits per heavy atom. The summed E-state index contributed by atoms with van der Waals surface area (Å²) in [7, 11) is -3.36. The minimum absolute atomic E-state index is 0.0612. The van der Waals surface area contributed by atoms with E-state index < -0.39 is 10.0 Å². The lowest BCUT2D eigenvalue weighted by Gasteiger charge is -2.35. The van der Waals surface area contributed by atoms with Gasteiger partial charge in [-0.1, -0.05) is 6.07 Å². The number of carbonyl (C=O) groups is 1. The number of amides is 1. The predicted molar refractivity (Wildman–Crippen MR) is 96.2 cm³/mol. The molecule has 138 valence electrons. The molecule has 0 radical (unpaired) electrons. The quantitative estimate of drug-likeness (QED) is 0.840. The number of nitrogens with one attached hydrogen (secondary N) is 1. The van der Waals surface area contributed by atoms with Gasteiger partial charge in [-0.15, -0.1) is 0 Å². The van der Waals surface area contributed by atoms with Gasteiger partial charge in [0, 0.05) is 50.6 Å². The SMILES string of the molecule is CS(=O)(=O)Nc1cccc(C(=O)N2CCN(CC3CCCO3)CC2)c1. The number of anilines is 1. The van der Waals surface area contributed by atoms with E-state index in [9.17, 15) is 13.2 Å². The lowest BCUT2D eigenvalue weighted by molar-refractivity contribution is 0.0433. The third-order valence-electron chi connectivity index (χ3n) is 4.56. The van der Waals surface area contributed by atoms with Crippen molar-refractivity contribution in [2.24, 2.45) is 0 Å². The van der Waals surface area contributed by atoms with Gasteiger partial charge in [0.15, 0.2) is 0 Å². The fourth-order valence-corrected chi connectivity index (χ4v) is 3.88. The molecule has 7 nitrogen and oxygen atoms in total. The van der Waals surface area contributed by atoms with Gasteiger partial charge in [-0.3, -0.25) is 14.4 Å². The highest BCUT2D eigenvalue weighted by Crippen LogP contribution is 2.17. The largest absolute Gasteiger partial charge is 0.377 e. The molecule has 0 aliphatic carbocycles. The number of hydrogen-bond acceptors (Lipinski definition) is 5. The molecule has 0 saturated carbocycles. The van der Waals surface area contributed by atoms with E-state index >= 15 is 0 Å². The number of hydrogen-bond donors (Lipinski definition) is 1. The molecule has 0 spiro atoms. The van der Waals surface area contributed by atoms with Crippen molar-refractivity contribution in [2.75, 3.05) is 50.3 Å². The maximum atomic E-state index is 12.7. The minimum Gasteiger partial charge on any atom is -0.377 e. The van der Waals surface area contributed by atoms with Crippen molar-refractivity contribution < 1.29 is 17.9 Å². The molecule has 3 rings (SSSR count). The fraction of sp³-hybridized carbons (Fsp3) is 0.588. The van der Waals surface area contributed by atoms with Crippen LogP contribution in [0.15, 0.2) is 24.3 Å². The molecule has 1 amide bonds. The molecule has 0 bridgehead atoms. The maximum absolute atomic E-state index is 12.7. The van der Waals surface area contributed by atoms with E-state index in [0.717, 1.165) is 45.3 Å². The molecule has 0 aromatic heterocycles. The van der Waals surface area contributed by atoms with E-state index in [1.165, 1.54) is 0 Å². The van der Waals surface area contributed by atoms with Crippen molar-refractivity contribution in [3.63, 3.8) is 0 Å². The van der Waals surface area contributed by atoms with E-state index in [0.29, 0.717) is 30.4 Å². The summed E-state index contributed by atoms with van der Waals surface area (Å²) in [5.41, 5.74) is 0.909. The third-order valence-corrected chi connectivity index (χ3v) is 5.16. The molecule has 1 N–H and O–H groups in total. The Kier molecular flexibility index (Phi) is 5.61. The minimum atomic E-state index is -3.36. The summed E-state index contributed by atoms with van der Waals surface area (Å²) in [6, 6.07) is 6.63. The average Bonchev–Trinajstić information content (AvgIpc) is 3.06. The summed E-state index contributed by atoms with van der Waals surface area (Å²) in [4.78, 5) is 16.8. The van der Waals surface area contributed by atoms with E-state index in [-0.39, 0.29) is 5.91 Å². The van der Waals surface area contributed by atoms with Crippen molar-refractivity contribution in [3.05, 3.63) is 29.8 Å². The molecule has 2 heterocycles. The smallest absolute Gasteiger partial charge is 0.254 e. The summed E-state index contributed by atoms with van der Waals surface area (Å²) in [6.45, 7) is 4.83. The second kappa shape index (κ2) is 7.72. The van der Waals surface area contributed by atoms with Crippen molar-refractivity contribution in [1.29, 1.82) is 0 Å². The molecule has 1 aromatic carbocycles. The Balaban J connectivity index is 1.56.